The monoisotopic (exact) mass is 302 g/mol. The van der Waals surface area contributed by atoms with Crippen molar-refractivity contribution in [1.82, 2.24) is 4.90 Å². The number of alkyl halides is 3. The maximum atomic E-state index is 12.9. The minimum absolute atomic E-state index is 0.00289. The number of carbonyl (C=O) groups is 1. The fraction of sp³-hybridized carbons (Fsp3) is 0.500. The Morgan fingerprint density at radius 2 is 2.19 bits per heavy atom. The van der Waals surface area contributed by atoms with Crippen LogP contribution in [0.3, 0.4) is 0 Å². The topological polar surface area (TPSA) is 55.6 Å². The molecular formula is C14H17F3N2O2. The third-order valence-corrected chi connectivity index (χ3v) is 3.57. The van der Waals surface area contributed by atoms with Gasteiger partial charge in [-0.3, -0.25) is 4.79 Å². The smallest absolute Gasteiger partial charge is 0.398 e. The van der Waals surface area contributed by atoms with Gasteiger partial charge >= 0.3 is 6.18 Å². The quantitative estimate of drug-likeness (QED) is 0.854. The Morgan fingerprint density at radius 3 is 2.81 bits per heavy atom. The zero-order valence-corrected chi connectivity index (χ0v) is 11.6. The van der Waals surface area contributed by atoms with E-state index in [1.54, 1.807) is 4.90 Å². The van der Waals surface area contributed by atoms with Gasteiger partial charge in [0.05, 0.1) is 24.8 Å². The van der Waals surface area contributed by atoms with E-state index in [4.69, 9.17) is 10.5 Å². The minimum atomic E-state index is -4.57. The molecule has 2 rings (SSSR count). The molecule has 7 heteroatoms. The maximum absolute atomic E-state index is 12.9. The summed E-state index contributed by atoms with van der Waals surface area (Å²) in [6, 6.07) is 3.16. The number of halogens is 3. The van der Waals surface area contributed by atoms with E-state index in [1.165, 1.54) is 6.07 Å². The van der Waals surface area contributed by atoms with Gasteiger partial charge in [0.25, 0.3) is 5.91 Å². The van der Waals surface area contributed by atoms with Gasteiger partial charge in [0.15, 0.2) is 0 Å². The average Bonchev–Trinajstić information content (AvgIpc) is 2.45. The minimum Gasteiger partial charge on any atom is -0.398 e. The van der Waals surface area contributed by atoms with Crippen LogP contribution in [0.1, 0.15) is 29.3 Å². The van der Waals surface area contributed by atoms with Gasteiger partial charge in [-0.15, -0.1) is 0 Å². The van der Waals surface area contributed by atoms with Crippen LogP contribution in [0.5, 0.6) is 0 Å². The summed E-state index contributed by atoms with van der Waals surface area (Å²) in [4.78, 5) is 14.0. The lowest BCUT2D eigenvalue weighted by Gasteiger charge is -2.35. The number of ether oxygens (including phenoxy) is 1. The molecule has 0 aromatic heterocycles. The van der Waals surface area contributed by atoms with Gasteiger partial charge in [0.1, 0.15) is 0 Å². The average molecular weight is 302 g/mol. The van der Waals surface area contributed by atoms with Gasteiger partial charge in [-0.25, -0.2) is 0 Å². The van der Waals surface area contributed by atoms with E-state index in [0.717, 1.165) is 12.1 Å². The summed E-state index contributed by atoms with van der Waals surface area (Å²) < 4.78 is 43.8. The Kier molecular flexibility index (Phi) is 4.41. The zero-order chi connectivity index (χ0) is 15.6. The van der Waals surface area contributed by atoms with Crippen molar-refractivity contribution in [3.8, 4) is 0 Å². The number of amides is 1. The lowest BCUT2D eigenvalue weighted by atomic mass is 10.1. The second-order valence-electron chi connectivity index (χ2n) is 4.94. The Bertz CT molecular complexity index is 531. The van der Waals surface area contributed by atoms with Crippen molar-refractivity contribution >= 4 is 11.6 Å². The molecule has 1 heterocycles. The van der Waals surface area contributed by atoms with Crippen LogP contribution in [0.2, 0.25) is 0 Å². The molecule has 1 aromatic carbocycles. The number of nitrogen functional groups attached to an aromatic ring is 1. The Morgan fingerprint density at radius 1 is 1.48 bits per heavy atom. The van der Waals surface area contributed by atoms with E-state index in [9.17, 15) is 18.0 Å². The fourth-order valence-electron chi connectivity index (χ4n) is 2.36. The zero-order valence-electron chi connectivity index (χ0n) is 11.6. The first-order valence-corrected chi connectivity index (χ1v) is 6.70. The van der Waals surface area contributed by atoms with Gasteiger partial charge in [0.2, 0.25) is 0 Å². The van der Waals surface area contributed by atoms with E-state index in [-0.39, 0.29) is 17.3 Å². The predicted octanol–water partition coefficient (Wildman–Crippen LogP) is 2.54. The van der Waals surface area contributed by atoms with Gasteiger partial charge in [0, 0.05) is 17.8 Å². The highest BCUT2D eigenvalue weighted by atomic mass is 19.4. The van der Waals surface area contributed by atoms with Gasteiger partial charge in [-0.1, -0.05) is 6.92 Å². The highest BCUT2D eigenvalue weighted by Crippen LogP contribution is 2.34. The van der Waals surface area contributed by atoms with Crippen LogP contribution in [0.4, 0.5) is 18.9 Å². The molecule has 0 saturated carbocycles. The normalized spacial score (nSPS) is 19.6. The van der Waals surface area contributed by atoms with Crippen LogP contribution in [0.25, 0.3) is 0 Å². The van der Waals surface area contributed by atoms with Crippen LogP contribution in [-0.4, -0.2) is 36.6 Å². The van der Waals surface area contributed by atoms with Crippen molar-refractivity contribution < 1.29 is 22.7 Å². The third kappa shape index (κ3) is 3.29. The van der Waals surface area contributed by atoms with Crippen LogP contribution in [0.15, 0.2) is 18.2 Å². The number of benzene rings is 1. The summed E-state index contributed by atoms with van der Waals surface area (Å²) in [7, 11) is 0. The third-order valence-electron chi connectivity index (χ3n) is 3.57. The van der Waals surface area contributed by atoms with Crippen LogP contribution >= 0.6 is 0 Å². The molecule has 0 spiro atoms. The summed E-state index contributed by atoms with van der Waals surface area (Å²) in [5.41, 5.74) is 3.98. The Balaban J connectivity index is 2.31. The van der Waals surface area contributed by atoms with E-state index < -0.39 is 17.6 Å². The predicted molar refractivity (Wildman–Crippen MR) is 71.8 cm³/mol. The SMILES string of the molecule is CCC1COCCN1C(=O)c1ccc(N)c(C(F)(F)F)c1. The van der Waals surface area contributed by atoms with Gasteiger partial charge in [-0.2, -0.15) is 13.2 Å². The molecule has 1 aliphatic heterocycles. The summed E-state index contributed by atoms with van der Waals surface area (Å²) in [5.74, 6) is -0.421. The number of anilines is 1. The molecule has 2 N–H and O–H groups in total. The van der Waals surface area contributed by atoms with Gasteiger partial charge in [-0.05, 0) is 24.6 Å². The van der Waals surface area contributed by atoms with Crippen molar-refractivity contribution in [1.29, 1.82) is 0 Å². The molecule has 1 atom stereocenters. The van der Waals surface area contributed by atoms with Crippen LogP contribution in [0, 0.1) is 0 Å². The fourth-order valence-corrected chi connectivity index (χ4v) is 2.36. The van der Waals surface area contributed by atoms with Crippen LogP contribution in [-0.2, 0) is 10.9 Å². The van der Waals surface area contributed by atoms with Crippen molar-refractivity contribution in [3.63, 3.8) is 0 Å². The number of carbonyl (C=O) groups excluding carboxylic acids is 1. The van der Waals surface area contributed by atoms with Crippen LogP contribution < -0.4 is 5.73 Å². The van der Waals surface area contributed by atoms with E-state index in [2.05, 4.69) is 0 Å². The summed E-state index contributed by atoms with van der Waals surface area (Å²) >= 11 is 0. The Hall–Kier alpha value is -1.76. The highest BCUT2D eigenvalue weighted by molar-refractivity contribution is 5.95. The van der Waals surface area contributed by atoms with Crippen molar-refractivity contribution in [2.45, 2.75) is 25.6 Å². The van der Waals surface area contributed by atoms with E-state index >= 15 is 0 Å². The number of nitrogens with two attached hydrogens (primary N) is 1. The molecule has 1 aromatic rings. The number of nitrogens with zero attached hydrogens (tertiary/aromatic N) is 1. The Labute approximate surface area is 120 Å². The molecule has 0 radical (unpaired) electrons. The van der Waals surface area contributed by atoms with Gasteiger partial charge < -0.3 is 15.4 Å². The molecule has 1 aliphatic rings. The molecule has 21 heavy (non-hydrogen) atoms. The summed E-state index contributed by atoms with van der Waals surface area (Å²) in [6.07, 6.45) is -3.89. The molecule has 0 bridgehead atoms. The lowest BCUT2D eigenvalue weighted by Crippen LogP contribution is -2.48. The first-order valence-electron chi connectivity index (χ1n) is 6.70. The summed E-state index contributed by atoms with van der Waals surface area (Å²) in [6.45, 7) is 3.08. The molecule has 1 saturated heterocycles. The number of hydrogen-bond acceptors (Lipinski definition) is 3. The standard InChI is InChI=1S/C14H17F3N2O2/c1-2-10-8-21-6-5-19(10)13(20)9-3-4-12(18)11(7-9)14(15,16)17/h3-4,7,10H,2,5-6,8,18H2,1H3. The number of morpholine rings is 1. The molecule has 4 nitrogen and oxygen atoms in total. The number of rotatable bonds is 2. The molecule has 116 valence electrons. The number of hydrogen-bond donors (Lipinski definition) is 1. The highest BCUT2D eigenvalue weighted by Gasteiger charge is 2.34. The second-order valence-corrected chi connectivity index (χ2v) is 4.94. The first kappa shape index (κ1) is 15.6. The van der Waals surface area contributed by atoms with E-state index in [0.29, 0.717) is 26.2 Å². The lowest BCUT2D eigenvalue weighted by molar-refractivity contribution is -0.136. The van der Waals surface area contributed by atoms with Crippen molar-refractivity contribution in [3.05, 3.63) is 29.3 Å². The molecule has 1 amide bonds. The molecule has 1 fully saturated rings. The van der Waals surface area contributed by atoms with Crippen molar-refractivity contribution in [2.75, 3.05) is 25.5 Å². The van der Waals surface area contributed by atoms with E-state index in [1.807, 2.05) is 6.92 Å². The largest absolute Gasteiger partial charge is 0.418 e. The van der Waals surface area contributed by atoms with Crippen molar-refractivity contribution in [2.24, 2.45) is 0 Å². The first-order chi connectivity index (χ1) is 9.84. The molecule has 0 aliphatic carbocycles. The molecular weight excluding hydrogens is 285 g/mol. The second kappa shape index (κ2) is 5.93. The maximum Gasteiger partial charge on any atom is 0.418 e. The molecule has 1 unspecified atom stereocenters. The summed E-state index contributed by atoms with van der Waals surface area (Å²) in [5, 5.41) is 0.